The van der Waals surface area contributed by atoms with Crippen LogP contribution in [-0.4, -0.2) is 0 Å². The summed E-state index contributed by atoms with van der Waals surface area (Å²) in [6, 6.07) is 10.7. The van der Waals surface area contributed by atoms with Gasteiger partial charge in [-0.3, -0.25) is 0 Å². The van der Waals surface area contributed by atoms with Gasteiger partial charge in [-0.1, -0.05) is 18.2 Å². The Bertz CT molecular complexity index is 313. The molecule has 0 saturated heterocycles. The quantitative estimate of drug-likeness (QED) is 0.559. The summed E-state index contributed by atoms with van der Waals surface area (Å²) < 4.78 is 4.86. The Balaban J connectivity index is 2.60. The molecule has 0 saturated carbocycles. The normalized spacial score (nSPS) is 7.18. The van der Waals surface area contributed by atoms with E-state index in [1.54, 1.807) is 18.2 Å². The van der Waals surface area contributed by atoms with Gasteiger partial charge in [0, 0.05) is 0 Å². The first-order chi connectivity index (χ1) is 5.43. The minimum absolute atomic E-state index is 0.648. The van der Waals surface area contributed by atoms with Crippen LogP contribution in [0.15, 0.2) is 30.3 Å². The SMILES string of the molecule is N#CC#COc1ccccc1. The van der Waals surface area contributed by atoms with E-state index in [1.807, 2.05) is 18.2 Å². The van der Waals surface area contributed by atoms with Crippen molar-refractivity contribution in [2.45, 2.75) is 0 Å². The zero-order valence-electron chi connectivity index (χ0n) is 5.74. The van der Waals surface area contributed by atoms with E-state index >= 15 is 0 Å². The van der Waals surface area contributed by atoms with Crippen molar-refractivity contribution in [3.05, 3.63) is 30.3 Å². The van der Waals surface area contributed by atoms with E-state index in [4.69, 9.17) is 10.00 Å². The van der Waals surface area contributed by atoms with Gasteiger partial charge in [-0.05, 0) is 12.1 Å². The first kappa shape index (κ1) is 7.18. The topological polar surface area (TPSA) is 33.0 Å². The van der Waals surface area contributed by atoms with Crippen LogP contribution in [0.5, 0.6) is 5.75 Å². The van der Waals surface area contributed by atoms with Gasteiger partial charge in [0.05, 0.1) is 5.92 Å². The maximum Gasteiger partial charge on any atom is 0.155 e. The molecule has 0 radical (unpaired) electrons. The summed E-state index contributed by atoms with van der Waals surface area (Å²) in [7, 11) is 0. The Kier molecular flexibility index (Phi) is 2.60. The molecule has 0 unspecified atom stereocenters. The van der Waals surface area contributed by atoms with E-state index in [9.17, 15) is 0 Å². The molecule has 0 bridgehead atoms. The summed E-state index contributed by atoms with van der Waals surface area (Å²) in [5.74, 6) is 2.78. The number of benzene rings is 1. The van der Waals surface area contributed by atoms with Crippen molar-refractivity contribution in [1.82, 2.24) is 0 Å². The minimum atomic E-state index is 0.648. The molecule has 0 N–H and O–H groups in total. The van der Waals surface area contributed by atoms with Gasteiger partial charge in [0.15, 0.2) is 6.07 Å². The van der Waals surface area contributed by atoms with Gasteiger partial charge >= 0.3 is 0 Å². The maximum atomic E-state index is 8.04. The summed E-state index contributed by atoms with van der Waals surface area (Å²) in [5, 5.41) is 8.04. The Hall–Kier alpha value is -1.93. The van der Waals surface area contributed by atoms with Crippen molar-refractivity contribution in [1.29, 1.82) is 5.26 Å². The standard InChI is InChI=1S/C9H5NO/c10-7-4-8-11-9-5-2-1-3-6-9/h1-3,5-6H. The Morgan fingerprint density at radius 2 is 1.91 bits per heavy atom. The molecule has 0 fully saturated rings. The fourth-order valence-electron chi connectivity index (χ4n) is 0.596. The molecule has 0 aliphatic rings. The molecule has 0 atom stereocenters. The molecule has 1 aromatic rings. The molecule has 1 aromatic carbocycles. The smallest absolute Gasteiger partial charge is 0.155 e. The molecule has 0 aliphatic carbocycles. The Morgan fingerprint density at radius 3 is 2.55 bits per heavy atom. The van der Waals surface area contributed by atoms with E-state index in [-0.39, 0.29) is 0 Å². The molecular weight excluding hydrogens is 138 g/mol. The Labute approximate surface area is 65.0 Å². The second-order valence-corrected chi connectivity index (χ2v) is 1.75. The molecule has 0 spiro atoms. The van der Waals surface area contributed by atoms with Gasteiger partial charge in [0.25, 0.3) is 0 Å². The van der Waals surface area contributed by atoms with Crippen LogP contribution in [-0.2, 0) is 0 Å². The molecule has 2 heteroatoms. The highest BCUT2D eigenvalue weighted by atomic mass is 16.5. The molecule has 2 nitrogen and oxygen atoms in total. The van der Waals surface area contributed by atoms with Crippen LogP contribution in [0, 0.1) is 23.4 Å². The third-order valence-electron chi connectivity index (χ3n) is 1.02. The van der Waals surface area contributed by atoms with E-state index in [0.29, 0.717) is 5.75 Å². The first-order valence-electron chi connectivity index (χ1n) is 3.04. The van der Waals surface area contributed by atoms with Crippen molar-refractivity contribution >= 4 is 0 Å². The summed E-state index contributed by atoms with van der Waals surface area (Å²) in [5.41, 5.74) is 0. The van der Waals surface area contributed by atoms with Crippen molar-refractivity contribution in [2.75, 3.05) is 0 Å². The molecule has 0 amide bonds. The summed E-state index contributed by atoms with van der Waals surface area (Å²) in [6.07, 6.45) is 2.24. The lowest BCUT2D eigenvalue weighted by Gasteiger charge is -1.92. The first-order valence-corrected chi connectivity index (χ1v) is 3.04. The average molecular weight is 143 g/mol. The highest BCUT2D eigenvalue weighted by Gasteiger charge is 1.84. The van der Waals surface area contributed by atoms with Crippen LogP contribution >= 0.6 is 0 Å². The molecule has 0 aliphatic heterocycles. The summed E-state index contributed by atoms with van der Waals surface area (Å²) in [6.45, 7) is 0. The lowest BCUT2D eigenvalue weighted by molar-refractivity contribution is 0.520. The fraction of sp³-hybridized carbons (Fsp3) is 0. The molecule has 11 heavy (non-hydrogen) atoms. The van der Waals surface area contributed by atoms with Gasteiger partial charge in [-0.25, -0.2) is 0 Å². The number of para-hydroxylation sites is 1. The predicted octanol–water partition coefficient (Wildman–Crippen LogP) is 1.55. The minimum Gasteiger partial charge on any atom is -0.407 e. The number of ether oxygens (including phenoxy) is 1. The molecular formula is C9H5NO. The van der Waals surface area contributed by atoms with Crippen molar-refractivity contribution in [3.63, 3.8) is 0 Å². The lowest BCUT2D eigenvalue weighted by Crippen LogP contribution is -1.79. The summed E-state index contributed by atoms with van der Waals surface area (Å²) >= 11 is 0. The van der Waals surface area contributed by atoms with Gasteiger partial charge in [-0.2, -0.15) is 5.26 Å². The predicted molar refractivity (Wildman–Crippen MR) is 40.5 cm³/mol. The number of nitriles is 1. The Morgan fingerprint density at radius 1 is 1.18 bits per heavy atom. The van der Waals surface area contributed by atoms with Crippen LogP contribution in [0.3, 0.4) is 0 Å². The van der Waals surface area contributed by atoms with Gasteiger partial charge in [-0.15, -0.1) is 0 Å². The van der Waals surface area contributed by atoms with E-state index in [1.165, 1.54) is 0 Å². The van der Waals surface area contributed by atoms with E-state index in [0.717, 1.165) is 0 Å². The van der Waals surface area contributed by atoms with Crippen molar-refractivity contribution in [3.8, 4) is 23.8 Å². The van der Waals surface area contributed by atoms with Crippen LogP contribution in [0.1, 0.15) is 0 Å². The van der Waals surface area contributed by atoms with E-state index < -0.39 is 0 Å². The van der Waals surface area contributed by atoms with Gasteiger partial charge in [0.1, 0.15) is 11.9 Å². The second kappa shape index (κ2) is 3.98. The zero-order chi connectivity index (χ0) is 7.94. The fourth-order valence-corrected chi connectivity index (χ4v) is 0.596. The van der Waals surface area contributed by atoms with E-state index in [2.05, 4.69) is 12.0 Å². The lowest BCUT2D eigenvalue weighted by atomic mass is 10.3. The third-order valence-corrected chi connectivity index (χ3v) is 1.02. The maximum absolute atomic E-state index is 8.04. The van der Waals surface area contributed by atoms with Crippen molar-refractivity contribution in [2.24, 2.45) is 0 Å². The average Bonchev–Trinajstić information content (AvgIpc) is 2.07. The van der Waals surface area contributed by atoms with Crippen LogP contribution < -0.4 is 4.74 Å². The molecule has 1 rings (SSSR count). The third kappa shape index (κ3) is 2.43. The largest absolute Gasteiger partial charge is 0.407 e. The molecule has 52 valence electrons. The van der Waals surface area contributed by atoms with Gasteiger partial charge < -0.3 is 4.74 Å². The number of hydrogen-bond acceptors (Lipinski definition) is 2. The highest BCUT2D eigenvalue weighted by Crippen LogP contribution is 2.06. The highest BCUT2D eigenvalue weighted by molar-refractivity contribution is 5.24. The summed E-state index contributed by atoms with van der Waals surface area (Å²) in [4.78, 5) is 0. The van der Waals surface area contributed by atoms with Crippen molar-refractivity contribution < 1.29 is 4.74 Å². The van der Waals surface area contributed by atoms with Crippen LogP contribution in [0.25, 0.3) is 0 Å². The zero-order valence-corrected chi connectivity index (χ0v) is 5.74. The number of nitrogens with zero attached hydrogens (tertiary/aromatic N) is 1. The van der Waals surface area contributed by atoms with Crippen LogP contribution in [0.2, 0.25) is 0 Å². The monoisotopic (exact) mass is 143 g/mol. The molecule has 0 aromatic heterocycles. The van der Waals surface area contributed by atoms with Gasteiger partial charge in [0.2, 0.25) is 0 Å². The number of rotatable bonds is 1. The van der Waals surface area contributed by atoms with Crippen LogP contribution in [0.4, 0.5) is 0 Å². The second-order valence-electron chi connectivity index (χ2n) is 1.75. The molecule has 0 heterocycles. The number of hydrogen-bond donors (Lipinski definition) is 0.